The number of aromatic amines is 2. The van der Waals surface area contributed by atoms with Gasteiger partial charge >= 0.3 is 17.9 Å². The van der Waals surface area contributed by atoms with Crippen molar-refractivity contribution in [2.75, 3.05) is 104 Å². The topological polar surface area (TPSA) is 517 Å². The van der Waals surface area contributed by atoms with Gasteiger partial charge in [-0.25, -0.2) is 4.98 Å². The summed E-state index contributed by atoms with van der Waals surface area (Å²) in [7, 11) is 0. The van der Waals surface area contributed by atoms with Crippen LogP contribution >= 0.6 is 11.8 Å². The van der Waals surface area contributed by atoms with Crippen LogP contribution in [0.4, 0.5) is 0 Å². The van der Waals surface area contributed by atoms with Crippen molar-refractivity contribution in [2.24, 2.45) is 23.3 Å². The van der Waals surface area contributed by atoms with E-state index in [0.717, 1.165) is 10.9 Å². The fraction of sp³-hybridized carbons (Fsp3) is 0.627. The zero-order valence-corrected chi connectivity index (χ0v) is 62.4. The molecule has 3 aromatic rings. The zero-order chi connectivity index (χ0) is 76.1. The molecular formula is C67H106LuN18O17S. The number of carboxylic acids is 3. The van der Waals surface area contributed by atoms with Crippen molar-refractivity contribution in [1.29, 1.82) is 0 Å². The number of nitrogens with zero attached hydrogens (tertiary/aromatic N) is 5. The van der Waals surface area contributed by atoms with E-state index in [0.29, 0.717) is 55.7 Å². The van der Waals surface area contributed by atoms with Crippen LogP contribution in [-0.4, -0.2) is 279 Å². The number of rotatable bonds is 45. The van der Waals surface area contributed by atoms with Crippen molar-refractivity contribution < 1.29 is 119 Å². The number of nitrogens with one attached hydrogen (secondary N) is 11. The number of imidazole rings is 1. The van der Waals surface area contributed by atoms with Gasteiger partial charge in [0.2, 0.25) is 65.0 Å². The Hall–Kier alpha value is -8.03. The number of amides is 11. The summed E-state index contributed by atoms with van der Waals surface area (Å²) < 4.78 is 0. The summed E-state index contributed by atoms with van der Waals surface area (Å²) in [6, 6.07) is -1.55. The molecular weight excluding hydrogens is 1540 g/mol. The monoisotopic (exact) mass is 1640 g/mol. The predicted molar refractivity (Wildman–Crippen MR) is 381 cm³/mol. The first-order valence-electron chi connectivity index (χ1n) is 34.7. The van der Waals surface area contributed by atoms with E-state index in [1.807, 2.05) is 31.1 Å². The van der Waals surface area contributed by atoms with Gasteiger partial charge in [-0.3, -0.25) is 86.7 Å². The Morgan fingerprint density at radius 3 is 1.61 bits per heavy atom. The van der Waals surface area contributed by atoms with Crippen LogP contribution in [-0.2, 0) is 80.0 Å². The summed E-state index contributed by atoms with van der Waals surface area (Å²) in [4.78, 5) is 200. The third-order valence-electron chi connectivity index (χ3n) is 17.0. The number of thioether (sulfide) groups is 1. The van der Waals surface area contributed by atoms with Crippen LogP contribution in [0.5, 0.6) is 0 Å². The van der Waals surface area contributed by atoms with Crippen molar-refractivity contribution >= 4 is 106 Å². The van der Waals surface area contributed by atoms with Crippen LogP contribution in [0.3, 0.4) is 0 Å². The van der Waals surface area contributed by atoms with E-state index in [1.165, 1.54) is 31.2 Å². The third-order valence-corrected chi connectivity index (χ3v) is 17.6. The Balaban J connectivity index is 0.0000281. The van der Waals surface area contributed by atoms with Crippen LogP contribution in [0.1, 0.15) is 110 Å². The SMILES string of the molecule is CSCC[C@H](NC(=O)[C@H](CC(C)C)NC(=O)[C@H](Cc1cnc[nH]1)NC(=O)CNC(=O)[C@@H](NC(=O)[C@H](C)NC(=O)[C@H](Cc1c[nH]c2ccccc12)NC(=O)[C@H](CCC(N)=O)NC(=O)CCCCCCCNC(=O)CN1CCN(CC(=O)O)CCN(CC(=O)O)CCN(CC(=O)O)CC1)C(C)C)C(N)=O.[177Lu]. The molecule has 2 aromatic heterocycles. The number of hydrogen-bond acceptors (Lipinski definition) is 20. The molecule has 1 aliphatic rings. The summed E-state index contributed by atoms with van der Waals surface area (Å²) in [6.45, 7) is 9.09. The normalized spacial score (nSPS) is 15.5. The first-order valence-corrected chi connectivity index (χ1v) is 36.1. The van der Waals surface area contributed by atoms with E-state index in [9.17, 15) is 82.4 Å². The van der Waals surface area contributed by atoms with Gasteiger partial charge in [-0.05, 0) is 74.5 Å². The molecule has 35 nitrogen and oxygen atoms in total. The Labute approximate surface area is 638 Å². The largest absolute Gasteiger partial charge is 0.480 e. The molecule has 0 saturated carbocycles. The van der Waals surface area contributed by atoms with Gasteiger partial charge in [-0.2, -0.15) is 11.8 Å². The second-order valence-corrected chi connectivity index (χ2v) is 27.4. The van der Waals surface area contributed by atoms with Gasteiger partial charge in [0.25, 0.3) is 0 Å². The number of carboxylic acid groups (broad SMARTS) is 3. The molecule has 1 aromatic carbocycles. The third kappa shape index (κ3) is 35.2. The maximum Gasteiger partial charge on any atom is 0.317 e. The van der Waals surface area contributed by atoms with E-state index in [-0.39, 0.29) is 172 Å². The summed E-state index contributed by atoms with van der Waals surface area (Å²) in [6.07, 6.45) is 8.94. The minimum Gasteiger partial charge on any atom is -0.480 e. The van der Waals surface area contributed by atoms with Crippen molar-refractivity contribution in [2.45, 2.75) is 154 Å². The summed E-state index contributed by atoms with van der Waals surface area (Å²) >= 11 is 1.46. The predicted octanol–water partition coefficient (Wildman–Crippen LogP) is -2.66. The van der Waals surface area contributed by atoms with Crippen molar-refractivity contribution in [1.82, 2.24) is 82.4 Å². The molecule has 1 radical (unpaired) electrons. The molecule has 0 bridgehead atoms. The summed E-state index contributed by atoms with van der Waals surface area (Å²) in [5, 5.41) is 53.2. The molecule has 0 aliphatic carbocycles. The molecule has 0 unspecified atom stereocenters. The van der Waals surface area contributed by atoms with E-state index in [4.69, 9.17) is 11.5 Å². The Morgan fingerprint density at radius 1 is 0.538 bits per heavy atom. The number of aliphatic carboxylic acids is 3. The number of aromatic nitrogens is 3. The molecule has 0 spiro atoms. The minimum atomic E-state index is -1.39. The second kappa shape index (κ2) is 48.2. The minimum absolute atomic E-state index is 0. The number of benzene rings is 1. The molecule has 1 saturated heterocycles. The zero-order valence-electron chi connectivity index (χ0n) is 59.9. The fourth-order valence-corrected chi connectivity index (χ4v) is 11.8. The standard InChI is InChI=1S/C67H106N18O17S.Lu/c1-41(2)30-50(65(100)78-48(61(69)96)19-29-103-6)79-66(101)52(32-45-34-70-40-74-45)77-55(88)35-73-67(102)60(42(3)4)81-62(97)43(5)75-64(99)51(31-44-33-72-47-15-12-11-14-46(44)47)80-63(98)49(17-18-53(68)86)76-54(87)16-10-8-7-9-13-20-71-56(89)36-82-21-23-83(37-57(90)91)25-27-85(39-59(94)95)28-26-84(24-22-82)38-58(92)93;/h11-12,14-15,33-34,40-43,48-52,60,72H,7-10,13,16-32,35-39H2,1-6H3,(H2,68,86)(H2,69,96)(H,70,74)(H,71,89)(H,73,102)(H,75,99)(H,76,87)(H,77,88)(H,78,100)(H,79,101)(H,80,98)(H,81,97)(H,90,91)(H,92,93)(H,94,95);/t43-,48-,49-,50-,51-,52-,60-;/m0./s1/i;1+2. The van der Waals surface area contributed by atoms with Crippen molar-refractivity contribution in [3.63, 3.8) is 0 Å². The molecule has 11 amide bonds. The summed E-state index contributed by atoms with van der Waals surface area (Å²) in [5.41, 5.74) is 12.8. The summed E-state index contributed by atoms with van der Waals surface area (Å²) in [5.74, 6) is -11.1. The van der Waals surface area contributed by atoms with Gasteiger partial charge in [0.1, 0.15) is 42.3 Å². The Bertz CT molecular complexity index is 3280. The Kier molecular flexibility index (Phi) is 41.8. The number of para-hydroxylation sites is 1. The number of unbranched alkanes of at least 4 members (excludes halogenated alkanes) is 4. The van der Waals surface area contributed by atoms with Gasteiger partial charge < -0.3 is 84.6 Å². The fourth-order valence-electron chi connectivity index (χ4n) is 11.3. The molecule has 1 aliphatic heterocycles. The van der Waals surface area contributed by atoms with Crippen LogP contribution < -0.4 is 59.3 Å². The average molecular weight is 1640 g/mol. The quantitative estimate of drug-likeness (QED) is 0.0257. The first-order chi connectivity index (χ1) is 48.9. The number of hydrogen-bond donors (Lipinski definition) is 16. The molecule has 18 N–H and O–H groups in total. The molecule has 4 rings (SSSR count). The number of primary amides is 2. The van der Waals surface area contributed by atoms with E-state index in [1.54, 1.807) is 52.9 Å². The van der Waals surface area contributed by atoms with E-state index < -0.39 is 132 Å². The van der Waals surface area contributed by atoms with Gasteiger partial charge in [0.05, 0.1) is 39.1 Å². The first kappa shape index (κ1) is 90.2. The molecule has 587 valence electrons. The maximum atomic E-state index is 14.4. The Morgan fingerprint density at radius 2 is 1.06 bits per heavy atom. The number of fused-ring (bicyclic) bond motifs is 1. The number of carbonyl (C=O) groups excluding carboxylic acids is 11. The van der Waals surface area contributed by atoms with E-state index >= 15 is 0 Å². The van der Waals surface area contributed by atoms with Crippen LogP contribution in [0, 0.1) is 48.7 Å². The van der Waals surface area contributed by atoms with Crippen molar-refractivity contribution in [3.05, 3.63) is 54.2 Å². The van der Waals surface area contributed by atoms with Crippen molar-refractivity contribution in [3.8, 4) is 0 Å². The number of H-pyrrole nitrogens is 2. The molecule has 104 heavy (non-hydrogen) atoms. The molecule has 1 fully saturated rings. The van der Waals surface area contributed by atoms with Gasteiger partial charge in [0, 0.05) is 150 Å². The number of carbonyl (C=O) groups is 14. The van der Waals surface area contributed by atoms with Gasteiger partial charge in [0.15, 0.2) is 0 Å². The maximum absolute atomic E-state index is 14.4. The average Bonchev–Trinajstić information content (AvgIpc) is 1.67. The van der Waals surface area contributed by atoms with Gasteiger partial charge in [-0.1, -0.05) is 65.2 Å². The van der Waals surface area contributed by atoms with Crippen LogP contribution in [0.15, 0.2) is 43.0 Å². The number of nitrogens with two attached hydrogens (primary N) is 2. The molecule has 3 heterocycles. The van der Waals surface area contributed by atoms with Crippen LogP contribution in [0.25, 0.3) is 10.9 Å². The molecule has 37 heteroatoms. The van der Waals surface area contributed by atoms with E-state index in [2.05, 4.69) is 62.8 Å². The van der Waals surface area contributed by atoms with Gasteiger partial charge in [-0.15, -0.1) is 0 Å². The molecule has 7 atom stereocenters. The van der Waals surface area contributed by atoms with Crippen LogP contribution in [0.2, 0.25) is 0 Å². The second-order valence-electron chi connectivity index (χ2n) is 26.4. The smallest absolute Gasteiger partial charge is 0.317 e.